The quantitative estimate of drug-likeness (QED) is 0.585. The summed E-state index contributed by atoms with van der Waals surface area (Å²) >= 11 is 0. The van der Waals surface area contributed by atoms with Crippen LogP contribution in [0.1, 0.15) is 19.4 Å². The maximum absolute atomic E-state index is 12.0. The van der Waals surface area contributed by atoms with Crippen molar-refractivity contribution in [1.29, 1.82) is 0 Å². The SMILES string of the molecule is COCCOc1cc(C)ccc1NC(=O)CNC(=O)[C@@H](N)C(C)C. The molecule has 2 amide bonds. The van der Waals surface area contributed by atoms with Crippen LogP contribution >= 0.6 is 0 Å². The summed E-state index contributed by atoms with van der Waals surface area (Å²) in [4.78, 5) is 23.8. The first-order chi connectivity index (χ1) is 11.3. The fourth-order valence-electron chi connectivity index (χ4n) is 1.87. The highest BCUT2D eigenvalue weighted by atomic mass is 16.5. The van der Waals surface area contributed by atoms with Gasteiger partial charge in [0.15, 0.2) is 0 Å². The highest BCUT2D eigenvalue weighted by Crippen LogP contribution is 2.25. The lowest BCUT2D eigenvalue weighted by Crippen LogP contribution is -2.46. The van der Waals surface area contributed by atoms with Crippen molar-refractivity contribution < 1.29 is 19.1 Å². The summed E-state index contributed by atoms with van der Waals surface area (Å²) < 4.78 is 10.6. The largest absolute Gasteiger partial charge is 0.489 e. The molecule has 1 aromatic rings. The number of rotatable bonds is 9. The molecule has 24 heavy (non-hydrogen) atoms. The average Bonchev–Trinajstić information content (AvgIpc) is 2.54. The van der Waals surface area contributed by atoms with Gasteiger partial charge < -0.3 is 25.8 Å². The second-order valence-electron chi connectivity index (χ2n) is 5.88. The molecule has 0 heterocycles. The Balaban J connectivity index is 2.61. The Kier molecular flexibility index (Phi) is 8.21. The molecule has 7 nitrogen and oxygen atoms in total. The zero-order valence-electron chi connectivity index (χ0n) is 14.7. The Labute approximate surface area is 142 Å². The molecule has 0 aliphatic heterocycles. The van der Waals surface area contributed by atoms with Crippen molar-refractivity contribution in [2.24, 2.45) is 11.7 Å². The minimum absolute atomic E-state index is 0.00551. The van der Waals surface area contributed by atoms with Crippen molar-refractivity contribution in [2.75, 3.05) is 32.2 Å². The second kappa shape index (κ2) is 9.89. The molecule has 1 aromatic carbocycles. The summed E-state index contributed by atoms with van der Waals surface area (Å²) in [5, 5.41) is 5.26. The Bertz CT molecular complexity index is 561. The maximum Gasteiger partial charge on any atom is 0.243 e. The number of nitrogens with two attached hydrogens (primary N) is 1. The number of ether oxygens (including phenoxy) is 2. The third-order valence-corrected chi connectivity index (χ3v) is 3.40. The van der Waals surface area contributed by atoms with Gasteiger partial charge in [0.2, 0.25) is 11.8 Å². The van der Waals surface area contributed by atoms with E-state index in [2.05, 4.69) is 10.6 Å². The summed E-state index contributed by atoms with van der Waals surface area (Å²) in [7, 11) is 1.59. The smallest absolute Gasteiger partial charge is 0.243 e. The molecular formula is C17H27N3O4. The van der Waals surface area contributed by atoms with Crippen molar-refractivity contribution in [3.8, 4) is 5.75 Å². The Morgan fingerprint density at radius 3 is 2.58 bits per heavy atom. The van der Waals surface area contributed by atoms with Gasteiger partial charge in [0.25, 0.3) is 0 Å². The van der Waals surface area contributed by atoms with Gasteiger partial charge in [-0.1, -0.05) is 19.9 Å². The number of amides is 2. The van der Waals surface area contributed by atoms with Crippen LogP contribution in [0.4, 0.5) is 5.69 Å². The second-order valence-corrected chi connectivity index (χ2v) is 5.88. The molecule has 4 N–H and O–H groups in total. The fraction of sp³-hybridized carbons (Fsp3) is 0.529. The van der Waals surface area contributed by atoms with Crippen LogP contribution in [0, 0.1) is 12.8 Å². The van der Waals surface area contributed by atoms with Crippen LogP contribution in [0.25, 0.3) is 0 Å². The van der Waals surface area contributed by atoms with Crippen LogP contribution in [0.3, 0.4) is 0 Å². The first kappa shape index (κ1) is 19.9. The van der Waals surface area contributed by atoms with Crippen molar-refractivity contribution in [2.45, 2.75) is 26.8 Å². The summed E-state index contributed by atoms with van der Waals surface area (Å²) in [6.07, 6.45) is 0. The minimum Gasteiger partial charge on any atom is -0.489 e. The summed E-state index contributed by atoms with van der Waals surface area (Å²) in [5.74, 6) is -0.128. The van der Waals surface area contributed by atoms with E-state index in [1.54, 1.807) is 13.2 Å². The number of nitrogens with one attached hydrogen (secondary N) is 2. The van der Waals surface area contributed by atoms with Crippen LogP contribution in [0.15, 0.2) is 18.2 Å². The predicted octanol–water partition coefficient (Wildman–Crippen LogP) is 1.06. The van der Waals surface area contributed by atoms with Crippen LogP contribution in [0.5, 0.6) is 5.75 Å². The monoisotopic (exact) mass is 337 g/mol. The Morgan fingerprint density at radius 1 is 1.25 bits per heavy atom. The van der Waals surface area contributed by atoms with E-state index < -0.39 is 6.04 Å². The zero-order chi connectivity index (χ0) is 18.1. The van der Waals surface area contributed by atoms with Gasteiger partial charge in [-0.2, -0.15) is 0 Å². The molecule has 0 bridgehead atoms. The highest BCUT2D eigenvalue weighted by molar-refractivity contribution is 5.96. The van der Waals surface area contributed by atoms with Gasteiger partial charge in [-0.05, 0) is 30.5 Å². The third kappa shape index (κ3) is 6.55. The summed E-state index contributed by atoms with van der Waals surface area (Å²) in [6.45, 7) is 6.31. The Morgan fingerprint density at radius 2 is 1.96 bits per heavy atom. The van der Waals surface area contributed by atoms with E-state index in [4.69, 9.17) is 15.2 Å². The highest BCUT2D eigenvalue weighted by Gasteiger charge is 2.18. The lowest BCUT2D eigenvalue weighted by atomic mass is 10.1. The van der Waals surface area contributed by atoms with Crippen LogP contribution < -0.4 is 21.1 Å². The third-order valence-electron chi connectivity index (χ3n) is 3.40. The normalized spacial score (nSPS) is 11.9. The number of hydrogen-bond acceptors (Lipinski definition) is 5. The number of anilines is 1. The van der Waals surface area contributed by atoms with Gasteiger partial charge in [-0.3, -0.25) is 9.59 Å². The molecule has 0 aromatic heterocycles. The van der Waals surface area contributed by atoms with Crippen molar-refractivity contribution >= 4 is 17.5 Å². The lowest BCUT2D eigenvalue weighted by Gasteiger charge is -2.16. The van der Waals surface area contributed by atoms with E-state index >= 15 is 0 Å². The summed E-state index contributed by atoms with van der Waals surface area (Å²) in [6, 6.07) is 4.83. The molecule has 0 radical (unpaired) electrons. The maximum atomic E-state index is 12.0. The van der Waals surface area contributed by atoms with Gasteiger partial charge in [-0.25, -0.2) is 0 Å². The minimum atomic E-state index is -0.634. The van der Waals surface area contributed by atoms with E-state index in [-0.39, 0.29) is 24.3 Å². The molecule has 0 saturated carbocycles. The number of aryl methyl sites for hydroxylation is 1. The number of methoxy groups -OCH3 is 1. The van der Waals surface area contributed by atoms with Gasteiger partial charge in [0.05, 0.1) is 24.9 Å². The van der Waals surface area contributed by atoms with Gasteiger partial charge in [-0.15, -0.1) is 0 Å². The van der Waals surface area contributed by atoms with Gasteiger partial charge >= 0.3 is 0 Å². The molecule has 134 valence electrons. The van der Waals surface area contributed by atoms with Crippen LogP contribution in [-0.4, -0.2) is 44.7 Å². The number of carbonyl (C=O) groups is 2. The molecule has 0 aliphatic rings. The van der Waals surface area contributed by atoms with E-state index in [0.29, 0.717) is 24.7 Å². The standard InChI is InChI=1S/C17H27N3O4/c1-11(2)16(18)17(22)19-10-15(21)20-13-6-5-12(3)9-14(13)24-8-7-23-4/h5-6,9,11,16H,7-8,10,18H2,1-4H3,(H,19,22)(H,20,21)/t16-/m0/s1. The molecule has 0 saturated heterocycles. The van der Waals surface area contributed by atoms with Crippen molar-refractivity contribution in [3.05, 3.63) is 23.8 Å². The molecule has 0 aliphatic carbocycles. The van der Waals surface area contributed by atoms with E-state index in [9.17, 15) is 9.59 Å². The van der Waals surface area contributed by atoms with Crippen molar-refractivity contribution in [1.82, 2.24) is 5.32 Å². The van der Waals surface area contributed by atoms with E-state index in [0.717, 1.165) is 5.56 Å². The first-order valence-corrected chi connectivity index (χ1v) is 7.90. The molecule has 0 fully saturated rings. The van der Waals surface area contributed by atoms with Crippen LogP contribution in [-0.2, 0) is 14.3 Å². The fourth-order valence-corrected chi connectivity index (χ4v) is 1.87. The van der Waals surface area contributed by atoms with E-state index in [1.807, 2.05) is 32.9 Å². The molecule has 7 heteroatoms. The molecular weight excluding hydrogens is 310 g/mol. The Hall–Kier alpha value is -2.12. The molecule has 1 atom stereocenters. The molecule has 1 rings (SSSR count). The number of benzene rings is 1. The zero-order valence-corrected chi connectivity index (χ0v) is 14.7. The van der Waals surface area contributed by atoms with E-state index in [1.165, 1.54) is 0 Å². The lowest BCUT2D eigenvalue weighted by molar-refractivity contribution is -0.125. The summed E-state index contributed by atoms with van der Waals surface area (Å²) in [5.41, 5.74) is 7.29. The number of carbonyl (C=O) groups excluding carboxylic acids is 2. The molecule has 0 spiro atoms. The first-order valence-electron chi connectivity index (χ1n) is 7.90. The topological polar surface area (TPSA) is 103 Å². The molecule has 0 unspecified atom stereocenters. The number of hydrogen-bond donors (Lipinski definition) is 3. The van der Waals surface area contributed by atoms with Gasteiger partial charge in [0.1, 0.15) is 12.4 Å². The van der Waals surface area contributed by atoms with Gasteiger partial charge in [0, 0.05) is 7.11 Å². The van der Waals surface area contributed by atoms with Crippen LogP contribution in [0.2, 0.25) is 0 Å². The van der Waals surface area contributed by atoms with Crippen molar-refractivity contribution in [3.63, 3.8) is 0 Å². The average molecular weight is 337 g/mol. The predicted molar refractivity (Wildman–Crippen MR) is 93.0 cm³/mol.